The second-order valence-corrected chi connectivity index (χ2v) is 16.1. The van der Waals surface area contributed by atoms with Crippen LogP contribution in [0.2, 0.25) is 0 Å². The van der Waals surface area contributed by atoms with E-state index >= 15 is 0 Å². The lowest BCUT2D eigenvalue weighted by atomic mass is 9.89. The maximum absolute atomic E-state index is 6.48. The minimum Gasteiger partial charge on any atom is -0.456 e. The molecule has 0 spiro atoms. The van der Waals surface area contributed by atoms with Gasteiger partial charge in [-0.1, -0.05) is 170 Å². The fraction of sp³-hybridized carbons (Fsp3) is 0. The van der Waals surface area contributed by atoms with Gasteiger partial charge in [-0.3, -0.25) is 0 Å². The minimum atomic E-state index is 0.703. The number of furan rings is 1. The molecule has 0 aliphatic rings. The molecule has 0 atom stereocenters. The van der Waals surface area contributed by atoms with Crippen LogP contribution in [0, 0.1) is 0 Å². The maximum Gasteiger partial charge on any atom is 0.160 e. The van der Waals surface area contributed by atoms with Crippen molar-refractivity contribution in [1.29, 1.82) is 0 Å². The summed E-state index contributed by atoms with van der Waals surface area (Å²) in [5.41, 5.74) is 17.3. The lowest BCUT2D eigenvalue weighted by Gasteiger charge is -2.14. The van der Waals surface area contributed by atoms with Gasteiger partial charge in [0.15, 0.2) is 5.82 Å². The van der Waals surface area contributed by atoms with Crippen LogP contribution in [0.3, 0.4) is 0 Å². The van der Waals surface area contributed by atoms with Crippen LogP contribution in [0.4, 0.5) is 0 Å². The largest absolute Gasteiger partial charge is 0.456 e. The van der Waals surface area contributed by atoms with Gasteiger partial charge in [0.05, 0.1) is 27.9 Å². The van der Waals surface area contributed by atoms with E-state index in [1.54, 1.807) is 0 Å². The summed E-state index contributed by atoms with van der Waals surface area (Å²) in [5, 5.41) is 7.33. The van der Waals surface area contributed by atoms with Crippen molar-refractivity contribution >= 4 is 60.0 Å². The van der Waals surface area contributed by atoms with Crippen molar-refractivity contribution in [3.63, 3.8) is 0 Å². The van der Waals surface area contributed by atoms with Gasteiger partial charge in [0.25, 0.3) is 0 Å². The second kappa shape index (κ2) is 13.6. The average Bonchev–Trinajstić information content (AvgIpc) is 4.01. The summed E-state index contributed by atoms with van der Waals surface area (Å²) in [6.45, 7) is 0. The summed E-state index contributed by atoms with van der Waals surface area (Å²) in [4.78, 5) is 10.1. The zero-order chi connectivity index (χ0) is 40.7. The quantitative estimate of drug-likeness (QED) is 0.168. The van der Waals surface area contributed by atoms with Crippen molar-refractivity contribution in [2.45, 2.75) is 0 Å². The molecular weight excluding hydrogens is 755 g/mol. The molecule has 9 aromatic carbocycles. The Kier molecular flexibility index (Phi) is 7.57. The Bertz CT molecular complexity index is 3690. The van der Waals surface area contributed by atoms with Gasteiger partial charge in [-0.2, -0.15) is 0 Å². The molecule has 0 radical (unpaired) electrons. The van der Waals surface area contributed by atoms with E-state index in [1.165, 1.54) is 49.2 Å². The molecule has 62 heavy (non-hydrogen) atoms. The number of hydrogen-bond acceptors (Lipinski definition) is 3. The predicted octanol–water partition coefficient (Wildman–Crippen LogP) is 15.5. The highest BCUT2D eigenvalue weighted by molar-refractivity contribution is 6.24. The number of aromatic nitrogens is 3. The number of benzene rings is 9. The number of rotatable bonds is 6. The maximum atomic E-state index is 6.48. The fourth-order valence-corrected chi connectivity index (χ4v) is 9.69. The fourth-order valence-electron chi connectivity index (χ4n) is 9.69. The van der Waals surface area contributed by atoms with Gasteiger partial charge >= 0.3 is 0 Å². The Balaban J connectivity index is 0.945. The third-order valence-electron chi connectivity index (χ3n) is 12.6. The van der Waals surface area contributed by atoms with Gasteiger partial charge in [0.1, 0.15) is 11.2 Å². The molecule has 0 amide bonds. The SMILES string of the molecule is c1ccc(-c2cc(-c3ccc(-c4ccc5oc6ccccc6c5c4-c4ccc(-c5cc6c7ccccc7n7c8ccccc8c(c5)c67)cc4)cc3)nc(-c3ccccc3)n2)cc1. The first-order chi connectivity index (χ1) is 30.7. The molecule has 4 heterocycles. The molecule has 0 saturated heterocycles. The third-order valence-corrected chi connectivity index (χ3v) is 12.6. The Labute approximate surface area is 357 Å². The molecule has 0 fully saturated rings. The van der Waals surface area contributed by atoms with Gasteiger partial charge in [-0.15, -0.1) is 0 Å². The molecule has 13 aromatic rings. The zero-order valence-corrected chi connectivity index (χ0v) is 33.5. The normalized spacial score (nSPS) is 11.9. The highest BCUT2D eigenvalue weighted by atomic mass is 16.3. The Morgan fingerprint density at radius 3 is 1.52 bits per heavy atom. The van der Waals surface area contributed by atoms with Crippen molar-refractivity contribution in [1.82, 2.24) is 14.4 Å². The van der Waals surface area contributed by atoms with E-state index in [0.717, 1.165) is 72.3 Å². The van der Waals surface area contributed by atoms with Crippen molar-refractivity contribution in [3.05, 3.63) is 212 Å². The predicted molar refractivity (Wildman–Crippen MR) is 257 cm³/mol. The van der Waals surface area contributed by atoms with Gasteiger partial charge in [-0.05, 0) is 70.3 Å². The molecule has 0 unspecified atom stereocenters. The molecule has 13 rings (SSSR count). The molecule has 0 saturated carbocycles. The summed E-state index contributed by atoms with van der Waals surface area (Å²) < 4.78 is 8.92. The molecule has 0 aliphatic heterocycles. The summed E-state index contributed by atoms with van der Waals surface area (Å²) in [7, 11) is 0. The Morgan fingerprint density at radius 2 is 0.855 bits per heavy atom. The topological polar surface area (TPSA) is 43.3 Å². The minimum absolute atomic E-state index is 0.703. The van der Waals surface area contributed by atoms with Gasteiger partial charge < -0.3 is 8.82 Å². The highest BCUT2D eigenvalue weighted by Gasteiger charge is 2.21. The van der Waals surface area contributed by atoms with E-state index in [4.69, 9.17) is 14.4 Å². The van der Waals surface area contributed by atoms with E-state index in [9.17, 15) is 0 Å². The molecule has 4 nitrogen and oxygen atoms in total. The summed E-state index contributed by atoms with van der Waals surface area (Å²) >= 11 is 0. The average molecular weight is 790 g/mol. The van der Waals surface area contributed by atoms with E-state index < -0.39 is 0 Å². The van der Waals surface area contributed by atoms with Crippen LogP contribution in [0.5, 0.6) is 0 Å². The lowest BCUT2D eigenvalue weighted by molar-refractivity contribution is 0.669. The van der Waals surface area contributed by atoms with Crippen molar-refractivity contribution in [2.24, 2.45) is 0 Å². The van der Waals surface area contributed by atoms with Crippen molar-refractivity contribution in [2.75, 3.05) is 0 Å². The van der Waals surface area contributed by atoms with Crippen molar-refractivity contribution in [3.8, 4) is 67.3 Å². The standard InChI is InChI=1S/C58H35N3O/c1-3-13-38(14-4-1)49-35-50(60-58(59-49)41-15-5-2-6-16-41)39-27-25-37(26-28-39)43-31-32-54-56(46-19-9-12-22-53(46)62-54)55(43)40-29-23-36(24-30-40)42-33-47-44-17-7-10-20-51(44)61-52-21-11-8-18-45(52)48(34-42)57(47)61/h1-35H. The Morgan fingerprint density at radius 1 is 0.339 bits per heavy atom. The summed E-state index contributed by atoms with van der Waals surface area (Å²) in [6.07, 6.45) is 0. The first kappa shape index (κ1) is 34.5. The molecule has 0 N–H and O–H groups in total. The van der Waals surface area contributed by atoms with Gasteiger partial charge in [-0.25, -0.2) is 9.97 Å². The van der Waals surface area contributed by atoms with Crippen LogP contribution in [-0.4, -0.2) is 14.4 Å². The van der Waals surface area contributed by atoms with E-state index in [2.05, 4.69) is 174 Å². The van der Waals surface area contributed by atoms with Crippen LogP contribution in [-0.2, 0) is 0 Å². The van der Waals surface area contributed by atoms with Crippen LogP contribution in [0.25, 0.3) is 127 Å². The van der Waals surface area contributed by atoms with E-state index in [1.807, 2.05) is 42.5 Å². The lowest BCUT2D eigenvalue weighted by Crippen LogP contribution is -1.96. The zero-order valence-electron chi connectivity index (χ0n) is 33.5. The molecule has 288 valence electrons. The van der Waals surface area contributed by atoms with Crippen LogP contribution >= 0.6 is 0 Å². The molecule has 4 aromatic heterocycles. The van der Waals surface area contributed by atoms with Gasteiger partial charge in [0.2, 0.25) is 0 Å². The molecular formula is C58H35N3O. The summed E-state index contributed by atoms with van der Waals surface area (Å²) in [6, 6.07) is 75.5. The van der Waals surface area contributed by atoms with Crippen LogP contribution in [0.15, 0.2) is 217 Å². The summed E-state index contributed by atoms with van der Waals surface area (Å²) in [5.74, 6) is 0.703. The third kappa shape index (κ3) is 5.33. The highest BCUT2D eigenvalue weighted by Crippen LogP contribution is 2.45. The van der Waals surface area contributed by atoms with Crippen molar-refractivity contribution < 1.29 is 4.42 Å². The number of hydrogen-bond donors (Lipinski definition) is 0. The number of nitrogens with zero attached hydrogens (tertiary/aromatic N) is 3. The second-order valence-electron chi connectivity index (χ2n) is 16.1. The first-order valence-corrected chi connectivity index (χ1v) is 21.1. The van der Waals surface area contributed by atoms with E-state index in [-0.39, 0.29) is 0 Å². The smallest absolute Gasteiger partial charge is 0.160 e. The number of fused-ring (bicyclic) bond motifs is 9. The Hall–Kier alpha value is -8.34. The monoisotopic (exact) mass is 789 g/mol. The van der Waals surface area contributed by atoms with Crippen LogP contribution < -0.4 is 0 Å². The van der Waals surface area contributed by atoms with Crippen LogP contribution in [0.1, 0.15) is 0 Å². The molecule has 4 heteroatoms. The molecule has 0 aliphatic carbocycles. The van der Waals surface area contributed by atoms with Gasteiger partial charge in [0, 0.05) is 54.6 Å². The van der Waals surface area contributed by atoms with E-state index in [0.29, 0.717) is 5.82 Å². The first-order valence-electron chi connectivity index (χ1n) is 21.1. The molecule has 0 bridgehead atoms. The number of para-hydroxylation sites is 3.